The van der Waals surface area contributed by atoms with Crippen LogP contribution < -0.4 is 13.9 Å². The van der Waals surface area contributed by atoms with Crippen molar-refractivity contribution in [3.05, 3.63) is 240 Å². The molecule has 2 aliphatic rings. The van der Waals surface area contributed by atoms with E-state index in [1.807, 2.05) is 94.1 Å². The topological polar surface area (TPSA) is 33.1 Å². The van der Waals surface area contributed by atoms with Crippen LogP contribution in [0.5, 0.6) is 11.5 Å². The SMILES string of the molecule is [2H]c1c([2H])c(-c2ccccc2)c([2H])c(-c2cc(C(C)(C)C)cc(-c3cc(C(C)(C)C)cc(C(C)(C)C)c3)c2[N+]2=C=[N+](c3cccc(Oc4ccc5c6c([2H])c([2H])c([2H])c([2H])c6n(-c6cc(C([2H])([2H])[2H])c(-c7ccc8c(c7)C(C)(C)CCC8(C)C)cn6)c5c4)c3)c3ccccc32)c1[2H]. The van der Waals surface area contributed by atoms with Crippen molar-refractivity contribution in [2.45, 2.75) is 137 Å². The molecule has 11 aromatic rings. The molecular formula is C81H80N4O+2. The smallest absolute Gasteiger partial charge is 0.457 e. The van der Waals surface area contributed by atoms with Crippen molar-refractivity contribution in [2.75, 3.05) is 0 Å². The van der Waals surface area contributed by atoms with Gasteiger partial charge in [0.05, 0.1) is 39.2 Å². The normalized spacial score (nSPS) is 16.6. The lowest BCUT2D eigenvalue weighted by Gasteiger charge is -2.42. The van der Waals surface area contributed by atoms with Crippen molar-refractivity contribution >= 4 is 50.6 Å². The van der Waals surface area contributed by atoms with Gasteiger partial charge in [0, 0.05) is 50.9 Å². The van der Waals surface area contributed by atoms with Crippen molar-refractivity contribution in [1.29, 1.82) is 0 Å². The minimum Gasteiger partial charge on any atom is -0.457 e. The molecule has 0 N–H and O–H groups in total. The molecule has 0 radical (unpaired) electrons. The van der Waals surface area contributed by atoms with Crippen LogP contribution in [0, 0.1) is 6.85 Å². The van der Waals surface area contributed by atoms with E-state index in [1.54, 1.807) is 29.0 Å². The second kappa shape index (κ2) is 20.7. The van der Waals surface area contributed by atoms with Gasteiger partial charge in [0.2, 0.25) is 11.4 Å². The maximum atomic E-state index is 10.2. The molecule has 0 amide bonds. The molecule has 0 unspecified atom stereocenters. The lowest BCUT2D eigenvalue weighted by atomic mass is 9.63. The summed E-state index contributed by atoms with van der Waals surface area (Å²) in [5, 5.41) is 0.731. The van der Waals surface area contributed by atoms with Crippen LogP contribution in [0.25, 0.3) is 72.1 Å². The Kier molecular flexibility index (Phi) is 10.7. The third-order valence-electron chi connectivity index (χ3n) is 17.7. The minimum absolute atomic E-state index is 0.0339. The number of rotatable bonds is 9. The summed E-state index contributed by atoms with van der Waals surface area (Å²) >= 11 is 0. The Morgan fingerprint density at radius 1 is 0.512 bits per heavy atom. The average molecular weight is 1140 g/mol. The van der Waals surface area contributed by atoms with Gasteiger partial charge in [-0.25, -0.2) is 4.98 Å². The fourth-order valence-electron chi connectivity index (χ4n) is 12.4. The number of nitrogens with zero attached hydrogens (tertiary/aromatic N) is 4. The molecule has 3 heterocycles. The molecule has 9 aromatic carbocycles. The molecular weight excluding hydrogens is 1040 g/mol. The summed E-state index contributed by atoms with van der Waals surface area (Å²) in [7, 11) is 0. The van der Waals surface area contributed by atoms with Gasteiger partial charge in [-0.1, -0.05) is 211 Å². The highest BCUT2D eigenvalue weighted by Crippen LogP contribution is 2.50. The first-order chi connectivity index (χ1) is 45.4. The van der Waals surface area contributed by atoms with Crippen molar-refractivity contribution in [3.63, 3.8) is 0 Å². The van der Waals surface area contributed by atoms with Crippen molar-refractivity contribution in [3.8, 4) is 61.8 Å². The standard InChI is InChI=1S/C81H80N4O/c1-52-40-75(82-50-68(52)56-34-37-69-70(44-56)81(13,14)39-38-80(69,11)12)85-71-31-19-18-30-64(71)65-36-35-63(49-74(65)85)86-62-29-23-28-61(48-62)83-51-84(73-33-21-20-32-72(73)83)76-66(55-27-22-26-54(41-55)53-24-16-15-17-25-53)46-60(79(8,9)10)47-67(76)57-42-58(77(2,3)4)45-59(43-57)78(5,6)7/h15-37,40-50H,38-39H2,1-14H3/q+2/i1D3,18D,19D,22D,26D,27D,30D,31D,41D. The molecule has 1 aliphatic carbocycles. The number of aromatic nitrogens is 2. The van der Waals surface area contributed by atoms with E-state index < -0.39 is 24.4 Å². The van der Waals surface area contributed by atoms with E-state index >= 15 is 0 Å². The highest BCUT2D eigenvalue weighted by atomic mass is 16.5. The zero-order chi connectivity index (χ0) is 69.7. The zero-order valence-electron chi connectivity index (χ0n) is 62.6. The molecule has 0 spiro atoms. The van der Waals surface area contributed by atoms with E-state index in [1.165, 1.54) is 17.2 Å². The first-order valence-corrected chi connectivity index (χ1v) is 29.9. The van der Waals surface area contributed by atoms with Crippen LogP contribution in [-0.2, 0) is 27.1 Å². The van der Waals surface area contributed by atoms with Gasteiger partial charge in [-0.05, 0) is 166 Å². The molecule has 0 bridgehead atoms. The minimum atomic E-state index is -2.61. The summed E-state index contributed by atoms with van der Waals surface area (Å²) in [6, 6.07) is 50.5. The summed E-state index contributed by atoms with van der Waals surface area (Å²) in [6.07, 6.45) is 3.57. The zero-order valence-corrected chi connectivity index (χ0v) is 51.6. The van der Waals surface area contributed by atoms with Crippen molar-refractivity contribution < 1.29 is 19.8 Å². The molecule has 0 atom stereocenters. The molecule has 0 fully saturated rings. The number of para-hydroxylation sites is 3. The summed E-state index contributed by atoms with van der Waals surface area (Å²) in [6.45, 7) is 26.0. The van der Waals surface area contributed by atoms with Crippen molar-refractivity contribution in [2.24, 2.45) is 0 Å². The molecule has 0 saturated heterocycles. The van der Waals surface area contributed by atoms with E-state index in [-0.39, 0.29) is 91.3 Å². The maximum absolute atomic E-state index is 10.2. The van der Waals surface area contributed by atoms with Crippen LogP contribution in [-0.4, -0.2) is 15.6 Å². The summed E-state index contributed by atoms with van der Waals surface area (Å²) in [5.41, 5.74) is 12.4. The monoisotopic (exact) mass is 1140 g/mol. The molecule has 0 saturated carbocycles. The van der Waals surface area contributed by atoms with Gasteiger partial charge >= 0.3 is 6.01 Å². The number of fused-ring (bicyclic) bond motifs is 5. The number of hydrogen-bond acceptors (Lipinski definition) is 2. The lowest BCUT2D eigenvalue weighted by Crippen LogP contribution is -2.33. The third kappa shape index (κ3) is 10.2. The highest BCUT2D eigenvalue weighted by molar-refractivity contribution is 6.09. The molecule has 86 heavy (non-hydrogen) atoms. The number of pyridine rings is 1. The van der Waals surface area contributed by atoms with Gasteiger partial charge in [0.15, 0.2) is 0 Å². The van der Waals surface area contributed by atoms with Gasteiger partial charge in [0.1, 0.15) is 17.3 Å². The van der Waals surface area contributed by atoms with E-state index in [9.17, 15) is 8.22 Å². The van der Waals surface area contributed by atoms with Gasteiger partial charge in [-0.2, -0.15) is 0 Å². The second-order valence-electron chi connectivity index (χ2n) is 27.8. The van der Waals surface area contributed by atoms with Gasteiger partial charge < -0.3 is 4.74 Å². The number of benzene rings is 9. The Hall–Kier alpha value is -8.89. The third-order valence-corrected chi connectivity index (χ3v) is 17.7. The molecule has 5 heteroatoms. The Labute approximate surface area is 525 Å². The highest BCUT2D eigenvalue weighted by Gasteiger charge is 2.41. The van der Waals surface area contributed by atoms with Crippen LogP contribution in [0.3, 0.4) is 0 Å². The average Bonchev–Trinajstić information content (AvgIpc) is 1.66. The van der Waals surface area contributed by atoms with Crippen LogP contribution >= 0.6 is 0 Å². The molecule has 2 aromatic heterocycles. The van der Waals surface area contributed by atoms with Gasteiger partial charge in [0.25, 0.3) is 11.4 Å². The number of hydrogen-bond donors (Lipinski definition) is 0. The Bertz CT molecular complexity index is 5170. The van der Waals surface area contributed by atoms with E-state index in [0.29, 0.717) is 50.5 Å². The van der Waals surface area contributed by atoms with E-state index in [0.717, 1.165) is 57.6 Å². The summed E-state index contributed by atoms with van der Waals surface area (Å²) in [5.74, 6) is 0.938. The Balaban J connectivity index is 1.01. The maximum Gasteiger partial charge on any atom is 0.503 e. The van der Waals surface area contributed by atoms with Gasteiger partial charge in [-0.15, -0.1) is 0 Å². The van der Waals surface area contributed by atoms with Crippen LogP contribution in [0.4, 0.5) is 22.7 Å². The predicted octanol–water partition coefficient (Wildman–Crippen LogP) is 22.0. The van der Waals surface area contributed by atoms with Crippen LogP contribution in [0.1, 0.15) is 151 Å². The quantitative estimate of drug-likeness (QED) is 0.135. The first kappa shape index (κ1) is 44.6. The fourth-order valence-corrected chi connectivity index (χ4v) is 12.4. The van der Waals surface area contributed by atoms with E-state index in [2.05, 4.69) is 138 Å². The molecule has 5 nitrogen and oxygen atoms in total. The first-order valence-electron chi connectivity index (χ1n) is 35.4. The summed E-state index contributed by atoms with van der Waals surface area (Å²) in [4.78, 5) is 4.98. The number of ether oxygens (including phenoxy) is 1. The van der Waals surface area contributed by atoms with Gasteiger partial charge in [-0.3, -0.25) is 4.57 Å². The van der Waals surface area contributed by atoms with Crippen LogP contribution in [0.15, 0.2) is 206 Å². The molecule has 13 rings (SSSR count). The van der Waals surface area contributed by atoms with Crippen molar-refractivity contribution in [1.82, 2.24) is 18.7 Å². The fraction of sp³-hybridized carbons (Fsp3) is 0.259. The Morgan fingerprint density at radius 3 is 1.86 bits per heavy atom. The molecule has 1 aliphatic heterocycles. The Morgan fingerprint density at radius 2 is 1.15 bits per heavy atom. The second-order valence-corrected chi connectivity index (χ2v) is 27.8. The largest absolute Gasteiger partial charge is 0.503 e. The number of aryl methyl sites for hydroxylation is 1. The lowest BCUT2D eigenvalue weighted by molar-refractivity contribution is 0.332. The predicted molar refractivity (Wildman–Crippen MR) is 364 cm³/mol. The van der Waals surface area contributed by atoms with Crippen LogP contribution in [0.2, 0.25) is 0 Å². The summed E-state index contributed by atoms with van der Waals surface area (Å²) < 4.78 is 114. The molecule has 428 valence electrons. The van der Waals surface area contributed by atoms with E-state index in [4.69, 9.17) is 16.6 Å².